The van der Waals surface area contributed by atoms with Crippen LogP contribution in [0.5, 0.6) is 0 Å². The topological polar surface area (TPSA) is 38.9 Å². The first-order valence-electron chi connectivity index (χ1n) is 4.23. The molecule has 14 heavy (non-hydrogen) atoms. The van der Waals surface area contributed by atoms with Crippen molar-refractivity contribution in [2.75, 3.05) is 0 Å². The highest BCUT2D eigenvalue weighted by atomic mass is 79.9. The first-order chi connectivity index (χ1) is 6.66. The molecule has 0 spiro atoms. The summed E-state index contributed by atoms with van der Waals surface area (Å²) in [5, 5.41) is 7.77. The Morgan fingerprint density at radius 2 is 2.00 bits per heavy atom. The second-order valence-electron chi connectivity index (χ2n) is 3.09. The molecule has 1 heterocycles. The van der Waals surface area contributed by atoms with Gasteiger partial charge in [-0.2, -0.15) is 0 Å². The Balaban J connectivity index is 2.52. The minimum Gasteiger partial charge on any atom is -0.421 e. The Labute approximate surface area is 90.3 Å². The van der Waals surface area contributed by atoms with Crippen LogP contribution >= 0.6 is 15.9 Å². The predicted molar refractivity (Wildman–Crippen MR) is 56.9 cm³/mol. The number of aromatic nitrogens is 2. The standard InChI is InChI=1S/C10H9BrN2O/c1-6-5-8(11)3-4-9(6)10-13-12-7(2)14-10/h3-5H,1-2H3. The smallest absolute Gasteiger partial charge is 0.247 e. The van der Waals surface area contributed by atoms with Crippen molar-refractivity contribution in [3.63, 3.8) is 0 Å². The fraction of sp³-hybridized carbons (Fsp3) is 0.200. The summed E-state index contributed by atoms with van der Waals surface area (Å²) in [6, 6.07) is 5.95. The lowest BCUT2D eigenvalue weighted by Crippen LogP contribution is -1.83. The normalized spacial score (nSPS) is 10.5. The number of rotatable bonds is 1. The minimum atomic E-state index is 0.576. The molecule has 0 fully saturated rings. The molecule has 4 heteroatoms. The van der Waals surface area contributed by atoms with E-state index in [-0.39, 0.29) is 0 Å². The lowest BCUT2D eigenvalue weighted by Gasteiger charge is -2.00. The first-order valence-corrected chi connectivity index (χ1v) is 5.03. The number of benzene rings is 1. The molecule has 1 aromatic carbocycles. The van der Waals surface area contributed by atoms with Crippen LogP contribution in [0, 0.1) is 13.8 Å². The van der Waals surface area contributed by atoms with Crippen LogP contribution < -0.4 is 0 Å². The van der Waals surface area contributed by atoms with Crippen molar-refractivity contribution in [3.05, 3.63) is 34.1 Å². The number of hydrogen-bond donors (Lipinski definition) is 0. The maximum atomic E-state index is 5.35. The summed E-state index contributed by atoms with van der Waals surface area (Å²) in [7, 11) is 0. The maximum Gasteiger partial charge on any atom is 0.247 e. The van der Waals surface area contributed by atoms with Gasteiger partial charge in [0.15, 0.2) is 0 Å². The van der Waals surface area contributed by atoms with Gasteiger partial charge in [-0.3, -0.25) is 0 Å². The molecule has 0 aliphatic rings. The maximum absolute atomic E-state index is 5.35. The van der Waals surface area contributed by atoms with Gasteiger partial charge in [0.1, 0.15) is 0 Å². The van der Waals surface area contributed by atoms with Crippen LogP contribution in [-0.4, -0.2) is 10.2 Å². The molecule has 0 bridgehead atoms. The fourth-order valence-corrected chi connectivity index (χ4v) is 1.75. The quantitative estimate of drug-likeness (QED) is 0.783. The first kappa shape index (κ1) is 9.40. The summed E-state index contributed by atoms with van der Waals surface area (Å²) in [6.45, 7) is 3.80. The SMILES string of the molecule is Cc1nnc(-c2ccc(Br)cc2C)o1. The number of halogens is 1. The largest absolute Gasteiger partial charge is 0.421 e. The number of nitrogens with zero attached hydrogens (tertiary/aromatic N) is 2. The van der Waals surface area contributed by atoms with E-state index in [1.807, 2.05) is 25.1 Å². The van der Waals surface area contributed by atoms with Gasteiger partial charge in [0.2, 0.25) is 11.8 Å². The van der Waals surface area contributed by atoms with Crippen LogP contribution in [0.1, 0.15) is 11.5 Å². The molecule has 0 radical (unpaired) electrons. The monoisotopic (exact) mass is 252 g/mol. The van der Waals surface area contributed by atoms with Gasteiger partial charge in [0, 0.05) is 17.0 Å². The Kier molecular flexibility index (Phi) is 2.37. The molecule has 0 aliphatic carbocycles. The average Bonchev–Trinajstić information content (AvgIpc) is 2.51. The van der Waals surface area contributed by atoms with Crippen molar-refractivity contribution in [3.8, 4) is 11.5 Å². The molecule has 3 nitrogen and oxygen atoms in total. The molecule has 72 valence electrons. The zero-order valence-electron chi connectivity index (χ0n) is 7.91. The van der Waals surface area contributed by atoms with E-state index < -0.39 is 0 Å². The summed E-state index contributed by atoms with van der Waals surface area (Å²) in [5.41, 5.74) is 2.09. The zero-order chi connectivity index (χ0) is 10.1. The molecule has 0 saturated carbocycles. The van der Waals surface area contributed by atoms with Crippen molar-refractivity contribution in [1.82, 2.24) is 10.2 Å². The lowest BCUT2D eigenvalue weighted by molar-refractivity contribution is 0.532. The molecule has 0 amide bonds. The summed E-state index contributed by atoms with van der Waals surface area (Å²) >= 11 is 3.41. The van der Waals surface area contributed by atoms with Crippen molar-refractivity contribution in [1.29, 1.82) is 0 Å². The van der Waals surface area contributed by atoms with Gasteiger partial charge in [0.25, 0.3) is 0 Å². The van der Waals surface area contributed by atoms with Crippen molar-refractivity contribution in [2.45, 2.75) is 13.8 Å². The van der Waals surface area contributed by atoms with E-state index in [0.717, 1.165) is 15.6 Å². The summed E-state index contributed by atoms with van der Waals surface area (Å²) < 4.78 is 6.40. The molecule has 0 aliphatic heterocycles. The highest BCUT2D eigenvalue weighted by Crippen LogP contribution is 2.24. The summed E-state index contributed by atoms with van der Waals surface area (Å²) in [6.07, 6.45) is 0. The van der Waals surface area contributed by atoms with Gasteiger partial charge in [-0.05, 0) is 30.7 Å². The van der Waals surface area contributed by atoms with Crippen LogP contribution in [0.2, 0.25) is 0 Å². The number of hydrogen-bond acceptors (Lipinski definition) is 3. The zero-order valence-corrected chi connectivity index (χ0v) is 9.50. The van der Waals surface area contributed by atoms with E-state index in [1.165, 1.54) is 0 Å². The average molecular weight is 253 g/mol. The van der Waals surface area contributed by atoms with Gasteiger partial charge < -0.3 is 4.42 Å². The fourth-order valence-electron chi connectivity index (χ4n) is 1.27. The summed E-state index contributed by atoms with van der Waals surface area (Å²) in [5.74, 6) is 1.16. The Hall–Kier alpha value is -1.16. The van der Waals surface area contributed by atoms with E-state index in [2.05, 4.69) is 26.1 Å². The third-order valence-corrected chi connectivity index (χ3v) is 2.44. The predicted octanol–water partition coefficient (Wildman–Crippen LogP) is 3.12. The van der Waals surface area contributed by atoms with Gasteiger partial charge in [0.05, 0.1) is 0 Å². The van der Waals surface area contributed by atoms with Gasteiger partial charge in [-0.15, -0.1) is 10.2 Å². The van der Waals surface area contributed by atoms with E-state index in [0.29, 0.717) is 11.8 Å². The Morgan fingerprint density at radius 1 is 1.21 bits per heavy atom. The third-order valence-electron chi connectivity index (χ3n) is 1.94. The lowest BCUT2D eigenvalue weighted by atomic mass is 10.1. The molecule has 2 aromatic rings. The van der Waals surface area contributed by atoms with Crippen molar-refractivity contribution >= 4 is 15.9 Å². The molecular formula is C10H9BrN2O. The molecule has 0 atom stereocenters. The minimum absolute atomic E-state index is 0.576. The third kappa shape index (κ3) is 1.70. The Bertz CT molecular complexity index is 465. The van der Waals surface area contributed by atoms with Crippen LogP contribution in [0.3, 0.4) is 0 Å². The molecule has 2 rings (SSSR count). The van der Waals surface area contributed by atoms with Gasteiger partial charge >= 0.3 is 0 Å². The van der Waals surface area contributed by atoms with Gasteiger partial charge in [-0.1, -0.05) is 15.9 Å². The van der Waals surface area contributed by atoms with E-state index in [9.17, 15) is 0 Å². The highest BCUT2D eigenvalue weighted by Gasteiger charge is 2.08. The molecule has 1 aromatic heterocycles. The van der Waals surface area contributed by atoms with Crippen LogP contribution in [0.15, 0.2) is 27.1 Å². The Morgan fingerprint density at radius 3 is 2.57 bits per heavy atom. The van der Waals surface area contributed by atoms with E-state index in [1.54, 1.807) is 6.92 Å². The molecule has 0 N–H and O–H groups in total. The van der Waals surface area contributed by atoms with Crippen molar-refractivity contribution in [2.24, 2.45) is 0 Å². The van der Waals surface area contributed by atoms with E-state index in [4.69, 9.17) is 4.42 Å². The van der Waals surface area contributed by atoms with Crippen LogP contribution in [0.25, 0.3) is 11.5 Å². The van der Waals surface area contributed by atoms with E-state index >= 15 is 0 Å². The van der Waals surface area contributed by atoms with Crippen molar-refractivity contribution < 1.29 is 4.42 Å². The highest BCUT2D eigenvalue weighted by molar-refractivity contribution is 9.10. The molecule has 0 unspecified atom stereocenters. The second kappa shape index (κ2) is 3.53. The molecular weight excluding hydrogens is 244 g/mol. The van der Waals surface area contributed by atoms with Crippen LogP contribution in [0.4, 0.5) is 0 Å². The van der Waals surface area contributed by atoms with Crippen LogP contribution in [-0.2, 0) is 0 Å². The molecule has 0 saturated heterocycles. The second-order valence-corrected chi connectivity index (χ2v) is 4.00. The summed E-state index contributed by atoms with van der Waals surface area (Å²) in [4.78, 5) is 0. The number of aryl methyl sites for hydroxylation is 2. The van der Waals surface area contributed by atoms with Gasteiger partial charge in [-0.25, -0.2) is 0 Å².